The Morgan fingerprint density at radius 1 is 1.16 bits per heavy atom. The molecule has 0 aliphatic heterocycles. The molecular weight excluding hydrogens is 456 g/mol. The third-order valence-corrected chi connectivity index (χ3v) is 5.39. The van der Waals surface area contributed by atoms with Crippen molar-refractivity contribution in [2.24, 2.45) is 0 Å². The number of hydrogen-bond donors (Lipinski definition) is 3. The average Bonchev–Trinajstić information content (AvgIpc) is 2.77. The van der Waals surface area contributed by atoms with Crippen LogP contribution in [-0.4, -0.2) is 34.6 Å². The SMILES string of the molecule is C=C(COc1ccccc1)/C(=C/CO)C(O)CC/C(=C/c1cc(Br)ccc1O)CCC. The fourth-order valence-electron chi connectivity index (χ4n) is 3.31. The highest BCUT2D eigenvalue weighted by Gasteiger charge is 2.15. The zero-order valence-electron chi connectivity index (χ0n) is 17.9. The summed E-state index contributed by atoms with van der Waals surface area (Å²) in [5, 5.41) is 30.4. The Kier molecular flexibility index (Phi) is 10.6. The Morgan fingerprint density at radius 3 is 2.58 bits per heavy atom. The summed E-state index contributed by atoms with van der Waals surface area (Å²) in [7, 11) is 0. The second-order valence-corrected chi connectivity index (χ2v) is 8.27. The topological polar surface area (TPSA) is 69.9 Å². The molecular formula is C26H31BrO4. The molecule has 5 heteroatoms. The molecule has 0 heterocycles. The largest absolute Gasteiger partial charge is 0.507 e. The summed E-state index contributed by atoms with van der Waals surface area (Å²) in [6, 6.07) is 14.7. The summed E-state index contributed by atoms with van der Waals surface area (Å²) >= 11 is 3.44. The van der Waals surface area contributed by atoms with Crippen molar-refractivity contribution in [2.75, 3.05) is 13.2 Å². The first-order chi connectivity index (χ1) is 14.9. The van der Waals surface area contributed by atoms with E-state index in [4.69, 9.17) is 4.74 Å². The molecule has 0 bridgehead atoms. The van der Waals surface area contributed by atoms with E-state index in [0.29, 0.717) is 24.0 Å². The Morgan fingerprint density at radius 2 is 1.90 bits per heavy atom. The molecule has 166 valence electrons. The molecule has 0 saturated carbocycles. The minimum atomic E-state index is -0.768. The van der Waals surface area contributed by atoms with Gasteiger partial charge in [-0.05, 0) is 60.7 Å². The summed E-state index contributed by atoms with van der Waals surface area (Å²) in [5.74, 6) is 0.952. The van der Waals surface area contributed by atoms with Crippen molar-refractivity contribution in [1.82, 2.24) is 0 Å². The number of rotatable bonds is 12. The van der Waals surface area contributed by atoms with Crippen molar-refractivity contribution in [1.29, 1.82) is 0 Å². The van der Waals surface area contributed by atoms with Crippen LogP contribution in [0.2, 0.25) is 0 Å². The molecule has 0 amide bonds. The van der Waals surface area contributed by atoms with Crippen molar-refractivity contribution < 1.29 is 20.1 Å². The first-order valence-electron chi connectivity index (χ1n) is 10.5. The molecule has 2 rings (SSSR count). The fourth-order valence-corrected chi connectivity index (χ4v) is 3.69. The maximum absolute atomic E-state index is 10.8. The molecule has 4 nitrogen and oxygen atoms in total. The van der Waals surface area contributed by atoms with Gasteiger partial charge >= 0.3 is 0 Å². The van der Waals surface area contributed by atoms with E-state index in [0.717, 1.165) is 34.2 Å². The van der Waals surface area contributed by atoms with Gasteiger partial charge in [0.25, 0.3) is 0 Å². The molecule has 0 aliphatic carbocycles. The molecule has 1 unspecified atom stereocenters. The van der Waals surface area contributed by atoms with Crippen molar-refractivity contribution in [3.63, 3.8) is 0 Å². The van der Waals surface area contributed by atoms with E-state index in [2.05, 4.69) is 29.4 Å². The van der Waals surface area contributed by atoms with Crippen LogP contribution < -0.4 is 4.74 Å². The molecule has 0 aromatic heterocycles. The summed E-state index contributed by atoms with van der Waals surface area (Å²) in [4.78, 5) is 0. The number of allylic oxidation sites excluding steroid dienone is 1. The number of aliphatic hydroxyl groups excluding tert-OH is 2. The van der Waals surface area contributed by atoms with E-state index in [9.17, 15) is 15.3 Å². The molecule has 0 fully saturated rings. The van der Waals surface area contributed by atoms with Gasteiger partial charge in [0.05, 0.1) is 12.7 Å². The zero-order chi connectivity index (χ0) is 22.6. The van der Waals surface area contributed by atoms with Crippen molar-refractivity contribution in [2.45, 2.75) is 38.7 Å². The maximum atomic E-state index is 10.8. The molecule has 0 spiro atoms. The van der Waals surface area contributed by atoms with Crippen LogP contribution in [0.15, 0.2) is 82.4 Å². The van der Waals surface area contributed by atoms with E-state index in [1.54, 1.807) is 18.2 Å². The van der Waals surface area contributed by atoms with Gasteiger partial charge < -0.3 is 20.1 Å². The predicted octanol–water partition coefficient (Wildman–Crippen LogP) is 6.03. The first kappa shape index (κ1) is 24.9. The number of benzene rings is 2. The lowest BCUT2D eigenvalue weighted by Gasteiger charge is -2.19. The van der Waals surface area contributed by atoms with Gasteiger partial charge in [-0.15, -0.1) is 0 Å². The van der Waals surface area contributed by atoms with Crippen molar-refractivity contribution in [3.05, 3.63) is 87.9 Å². The molecule has 1 atom stereocenters. The van der Waals surface area contributed by atoms with Gasteiger partial charge in [0.1, 0.15) is 18.1 Å². The number of ether oxygens (including phenoxy) is 1. The Hall–Kier alpha value is -2.34. The molecule has 2 aromatic rings. The number of phenols is 1. The maximum Gasteiger partial charge on any atom is 0.122 e. The van der Waals surface area contributed by atoms with Gasteiger partial charge in [-0.2, -0.15) is 0 Å². The smallest absolute Gasteiger partial charge is 0.122 e. The van der Waals surface area contributed by atoms with Crippen LogP contribution in [0, 0.1) is 0 Å². The van der Waals surface area contributed by atoms with Crippen LogP contribution in [0.25, 0.3) is 6.08 Å². The normalized spacial score (nSPS) is 13.2. The second kappa shape index (κ2) is 13.2. The number of aliphatic hydroxyl groups is 2. The van der Waals surface area contributed by atoms with E-state index < -0.39 is 6.10 Å². The van der Waals surface area contributed by atoms with Crippen LogP contribution in [0.1, 0.15) is 38.2 Å². The van der Waals surface area contributed by atoms with E-state index in [-0.39, 0.29) is 19.0 Å². The zero-order valence-corrected chi connectivity index (χ0v) is 19.5. The minimum absolute atomic E-state index is 0.180. The van der Waals surface area contributed by atoms with Crippen LogP contribution in [-0.2, 0) is 0 Å². The summed E-state index contributed by atoms with van der Waals surface area (Å²) < 4.78 is 6.63. The van der Waals surface area contributed by atoms with E-state index >= 15 is 0 Å². The van der Waals surface area contributed by atoms with Gasteiger partial charge in [0.15, 0.2) is 0 Å². The number of para-hydroxylation sites is 1. The molecule has 0 saturated heterocycles. The third kappa shape index (κ3) is 8.37. The quantitative estimate of drug-likeness (QED) is 0.320. The van der Waals surface area contributed by atoms with Gasteiger partial charge in [-0.25, -0.2) is 0 Å². The molecule has 0 radical (unpaired) electrons. The Balaban J connectivity index is 2.05. The van der Waals surface area contributed by atoms with Crippen LogP contribution >= 0.6 is 15.9 Å². The molecule has 31 heavy (non-hydrogen) atoms. The minimum Gasteiger partial charge on any atom is -0.507 e. The summed E-state index contributed by atoms with van der Waals surface area (Å²) in [6.07, 6.45) is 5.79. The second-order valence-electron chi connectivity index (χ2n) is 7.36. The van der Waals surface area contributed by atoms with Crippen molar-refractivity contribution in [3.8, 4) is 11.5 Å². The summed E-state index contributed by atoms with van der Waals surface area (Å²) in [6.45, 7) is 6.20. The third-order valence-electron chi connectivity index (χ3n) is 4.89. The van der Waals surface area contributed by atoms with Crippen LogP contribution in [0.3, 0.4) is 0 Å². The Labute approximate surface area is 193 Å². The lowest BCUT2D eigenvalue weighted by molar-refractivity contribution is 0.198. The predicted molar refractivity (Wildman–Crippen MR) is 130 cm³/mol. The lowest BCUT2D eigenvalue weighted by Crippen LogP contribution is -2.16. The van der Waals surface area contributed by atoms with E-state index in [1.807, 2.05) is 42.5 Å². The number of hydrogen-bond acceptors (Lipinski definition) is 4. The highest BCUT2D eigenvalue weighted by atomic mass is 79.9. The molecule has 2 aromatic carbocycles. The molecule has 0 aliphatic rings. The van der Waals surface area contributed by atoms with Crippen molar-refractivity contribution >= 4 is 22.0 Å². The number of phenolic OH excluding ortho intramolecular Hbond substituents is 1. The fraction of sp³-hybridized carbons (Fsp3) is 0.308. The number of aromatic hydroxyl groups is 1. The summed E-state index contributed by atoms with van der Waals surface area (Å²) in [5.41, 5.74) is 3.12. The van der Waals surface area contributed by atoms with Gasteiger partial charge in [0, 0.05) is 10.0 Å². The van der Waals surface area contributed by atoms with Gasteiger partial charge in [0.2, 0.25) is 0 Å². The van der Waals surface area contributed by atoms with Crippen LogP contribution in [0.5, 0.6) is 11.5 Å². The van der Waals surface area contributed by atoms with E-state index in [1.165, 1.54) is 0 Å². The monoisotopic (exact) mass is 486 g/mol. The first-order valence-corrected chi connectivity index (χ1v) is 11.3. The highest BCUT2D eigenvalue weighted by molar-refractivity contribution is 9.10. The average molecular weight is 487 g/mol. The Bertz CT molecular complexity index is 903. The van der Waals surface area contributed by atoms with Gasteiger partial charge in [-0.1, -0.05) is 71.8 Å². The van der Waals surface area contributed by atoms with Gasteiger partial charge in [-0.3, -0.25) is 0 Å². The highest BCUT2D eigenvalue weighted by Crippen LogP contribution is 2.28. The standard InChI is InChI=1S/C26H31BrO4/c1-3-7-20(16-21-17-22(27)11-13-25(21)29)10-12-26(30)24(14-15-28)19(2)18-31-23-8-5-4-6-9-23/h4-6,8-9,11,13-14,16-17,26,28-30H,2-3,7,10,12,15,18H2,1H3/b20-16+,24-14-. The van der Waals surface area contributed by atoms with Crippen LogP contribution in [0.4, 0.5) is 0 Å². The molecule has 3 N–H and O–H groups in total. The lowest BCUT2D eigenvalue weighted by atomic mass is 9.94. The number of halogens is 1.